The van der Waals surface area contributed by atoms with Gasteiger partial charge < -0.3 is 10.6 Å². The van der Waals surface area contributed by atoms with E-state index in [1.54, 1.807) is 54.9 Å². The molecule has 30 heavy (non-hydrogen) atoms. The largest absolute Gasteiger partial charge is 0.352 e. The number of nitrogens with two attached hydrogens (primary N) is 1. The molecular weight excluding hydrogens is 404 g/mol. The maximum atomic E-state index is 12.2. The van der Waals surface area contributed by atoms with Crippen molar-refractivity contribution in [2.75, 3.05) is 5.32 Å². The summed E-state index contributed by atoms with van der Waals surface area (Å²) < 4.78 is 22.5. The summed E-state index contributed by atoms with van der Waals surface area (Å²) >= 11 is 0. The van der Waals surface area contributed by atoms with Gasteiger partial charge in [-0.25, -0.2) is 13.6 Å². The van der Waals surface area contributed by atoms with E-state index in [2.05, 4.69) is 15.6 Å². The van der Waals surface area contributed by atoms with Crippen LogP contribution >= 0.6 is 0 Å². The summed E-state index contributed by atoms with van der Waals surface area (Å²) in [4.78, 5) is 28.3. The van der Waals surface area contributed by atoms with E-state index in [1.807, 2.05) is 6.07 Å². The van der Waals surface area contributed by atoms with Gasteiger partial charge in [-0.05, 0) is 47.5 Å². The molecule has 0 saturated carbocycles. The predicted molar refractivity (Wildman–Crippen MR) is 112 cm³/mol. The number of sulfonamides is 1. The van der Waals surface area contributed by atoms with E-state index < -0.39 is 10.0 Å². The number of nitrogens with zero attached hydrogens (tertiary/aromatic N) is 1. The molecule has 154 valence electrons. The Morgan fingerprint density at radius 1 is 0.933 bits per heavy atom. The van der Waals surface area contributed by atoms with E-state index in [0.717, 1.165) is 5.56 Å². The third-order valence-corrected chi connectivity index (χ3v) is 5.16. The normalized spacial score (nSPS) is 11.0. The van der Waals surface area contributed by atoms with Gasteiger partial charge in [0, 0.05) is 30.2 Å². The number of carbonyl (C=O) groups is 2. The molecular formula is C21H20N4O4S. The maximum absolute atomic E-state index is 12.2. The lowest BCUT2D eigenvalue weighted by molar-refractivity contribution is -0.120. The monoisotopic (exact) mass is 424 g/mol. The van der Waals surface area contributed by atoms with Crippen LogP contribution < -0.4 is 15.8 Å². The topological polar surface area (TPSA) is 131 Å². The zero-order valence-electron chi connectivity index (χ0n) is 15.9. The van der Waals surface area contributed by atoms with E-state index in [9.17, 15) is 18.0 Å². The number of nitrogens with one attached hydrogen (secondary N) is 2. The van der Waals surface area contributed by atoms with Crippen LogP contribution in [0.1, 0.15) is 21.5 Å². The van der Waals surface area contributed by atoms with E-state index >= 15 is 0 Å². The molecule has 4 N–H and O–H groups in total. The van der Waals surface area contributed by atoms with Crippen LogP contribution in [0.4, 0.5) is 5.69 Å². The fraction of sp³-hybridized carbons (Fsp3) is 0.0952. The summed E-state index contributed by atoms with van der Waals surface area (Å²) in [6.07, 6.45) is 3.19. The van der Waals surface area contributed by atoms with Crippen LogP contribution in [0.15, 0.2) is 78.0 Å². The van der Waals surface area contributed by atoms with Crippen LogP contribution in [-0.4, -0.2) is 25.2 Å². The van der Waals surface area contributed by atoms with Gasteiger partial charge in [0.1, 0.15) is 0 Å². The zero-order valence-corrected chi connectivity index (χ0v) is 16.7. The number of aromatic nitrogens is 1. The van der Waals surface area contributed by atoms with Crippen molar-refractivity contribution in [1.82, 2.24) is 10.3 Å². The highest BCUT2D eigenvalue weighted by Gasteiger charge is 2.09. The van der Waals surface area contributed by atoms with Gasteiger partial charge in [-0.2, -0.15) is 0 Å². The first-order chi connectivity index (χ1) is 14.3. The smallest absolute Gasteiger partial charge is 0.255 e. The summed E-state index contributed by atoms with van der Waals surface area (Å²) in [5, 5.41) is 10.7. The average Bonchev–Trinajstić information content (AvgIpc) is 2.73. The molecule has 0 aliphatic rings. The highest BCUT2D eigenvalue weighted by Crippen LogP contribution is 2.13. The molecule has 1 aromatic heterocycles. The molecule has 3 aromatic rings. The van der Waals surface area contributed by atoms with Gasteiger partial charge in [0.15, 0.2) is 0 Å². The minimum Gasteiger partial charge on any atom is -0.352 e. The second-order valence-corrected chi connectivity index (χ2v) is 8.09. The molecule has 0 aliphatic heterocycles. The highest BCUT2D eigenvalue weighted by atomic mass is 32.2. The number of hydrogen-bond acceptors (Lipinski definition) is 5. The van der Waals surface area contributed by atoms with E-state index in [4.69, 9.17) is 5.14 Å². The van der Waals surface area contributed by atoms with Gasteiger partial charge in [0.2, 0.25) is 15.9 Å². The van der Waals surface area contributed by atoms with Crippen LogP contribution in [0.2, 0.25) is 0 Å². The second kappa shape index (κ2) is 9.29. The van der Waals surface area contributed by atoms with Crippen LogP contribution in [0.25, 0.3) is 0 Å². The molecule has 9 heteroatoms. The first kappa shape index (κ1) is 21.2. The first-order valence-electron chi connectivity index (χ1n) is 9.00. The Morgan fingerprint density at radius 3 is 2.30 bits per heavy atom. The molecule has 0 radical (unpaired) electrons. The van der Waals surface area contributed by atoms with Crippen molar-refractivity contribution < 1.29 is 18.0 Å². The Bertz CT molecular complexity index is 1150. The van der Waals surface area contributed by atoms with Crippen molar-refractivity contribution in [2.45, 2.75) is 17.9 Å². The predicted octanol–water partition coefficient (Wildman–Crippen LogP) is 1.84. The molecule has 0 aliphatic carbocycles. The minimum atomic E-state index is -3.76. The highest BCUT2D eigenvalue weighted by molar-refractivity contribution is 7.89. The molecule has 1 heterocycles. The van der Waals surface area contributed by atoms with Gasteiger partial charge in [-0.1, -0.05) is 24.3 Å². The fourth-order valence-electron chi connectivity index (χ4n) is 2.71. The molecule has 0 spiro atoms. The van der Waals surface area contributed by atoms with Crippen molar-refractivity contribution in [3.8, 4) is 0 Å². The lowest BCUT2D eigenvalue weighted by Gasteiger charge is -2.09. The van der Waals surface area contributed by atoms with Gasteiger partial charge in [0.05, 0.1) is 11.3 Å². The molecule has 0 saturated heterocycles. The Labute approximate surface area is 174 Å². The van der Waals surface area contributed by atoms with Gasteiger partial charge in [0.25, 0.3) is 5.91 Å². The quantitative estimate of drug-likeness (QED) is 0.533. The number of hydrogen-bond donors (Lipinski definition) is 3. The third-order valence-electron chi connectivity index (χ3n) is 4.23. The zero-order chi connectivity index (χ0) is 21.6. The summed E-state index contributed by atoms with van der Waals surface area (Å²) in [6.45, 7) is 0.285. The summed E-state index contributed by atoms with van der Waals surface area (Å²) in [7, 11) is -3.76. The van der Waals surface area contributed by atoms with Crippen LogP contribution in [-0.2, 0) is 27.8 Å². The molecule has 2 amide bonds. The molecule has 0 bridgehead atoms. The minimum absolute atomic E-state index is 0.00251. The van der Waals surface area contributed by atoms with Crippen LogP contribution in [0.3, 0.4) is 0 Å². The molecule has 2 aromatic carbocycles. The number of anilines is 1. The Hall–Kier alpha value is -3.56. The van der Waals surface area contributed by atoms with Crippen molar-refractivity contribution in [1.29, 1.82) is 0 Å². The summed E-state index contributed by atoms with van der Waals surface area (Å²) in [5.41, 5.74) is 2.60. The maximum Gasteiger partial charge on any atom is 0.255 e. The average molecular weight is 424 g/mol. The molecule has 8 nitrogen and oxygen atoms in total. The number of carbonyl (C=O) groups excluding carboxylic acids is 2. The number of benzene rings is 2. The van der Waals surface area contributed by atoms with Crippen molar-refractivity contribution in [3.63, 3.8) is 0 Å². The molecule has 0 atom stereocenters. The molecule has 3 rings (SSSR count). The Balaban J connectivity index is 1.55. The molecule has 0 unspecified atom stereocenters. The van der Waals surface area contributed by atoms with E-state index in [-0.39, 0.29) is 29.7 Å². The summed E-state index contributed by atoms with van der Waals surface area (Å²) in [5.74, 6) is -0.467. The standard InChI is InChI=1S/C21H20N4O4S/c22-30(28,29)19-6-4-15(5-7-19)13-20(26)24-14-16-2-1-3-18(12-16)25-21(27)17-8-10-23-11-9-17/h1-12H,13-14H2,(H,24,26)(H,25,27)(H2,22,28,29). The fourth-order valence-corrected chi connectivity index (χ4v) is 3.23. The number of primary sulfonamides is 1. The summed E-state index contributed by atoms with van der Waals surface area (Å²) in [6, 6.07) is 16.2. The molecule has 0 fully saturated rings. The van der Waals surface area contributed by atoms with E-state index in [1.165, 1.54) is 12.1 Å². The van der Waals surface area contributed by atoms with E-state index in [0.29, 0.717) is 16.8 Å². The lowest BCUT2D eigenvalue weighted by atomic mass is 10.1. The van der Waals surface area contributed by atoms with Gasteiger partial charge in [-0.15, -0.1) is 0 Å². The third kappa shape index (κ3) is 5.97. The number of rotatable bonds is 7. The van der Waals surface area contributed by atoms with Crippen LogP contribution in [0.5, 0.6) is 0 Å². The van der Waals surface area contributed by atoms with Gasteiger partial charge in [-0.3, -0.25) is 14.6 Å². The Kier molecular flexibility index (Phi) is 6.55. The number of amides is 2. The Morgan fingerprint density at radius 2 is 1.63 bits per heavy atom. The first-order valence-corrected chi connectivity index (χ1v) is 10.5. The number of pyridine rings is 1. The van der Waals surface area contributed by atoms with Crippen molar-refractivity contribution >= 4 is 27.5 Å². The SMILES string of the molecule is NS(=O)(=O)c1ccc(CC(=O)NCc2cccc(NC(=O)c3ccncc3)c2)cc1. The van der Waals surface area contributed by atoms with Crippen molar-refractivity contribution in [3.05, 3.63) is 89.7 Å². The van der Waals surface area contributed by atoms with Crippen molar-refractivity contribution in [2.24, 2.45) is 5.14 Å². The second-order valence-electron chi connectivity index (χ2n) is 6.53. The van der Waals surface area contributed by atoms with Crippen LogP contribution in [0, 0.1) is 0 Å². The van der Waals surface area contributed by atoms with Gasteiger partial charge >= 0.3 is 0 Å². The lowest BCUT2D eigenvalue weighted by Crippen LogP contribution is -2.24.